The Bertz CT molecular complexity index is 476. The van der Waals surface area contributed by atoms with Gasteiger partial charge in [-0.2, -0.15) is 0 Å². The first-order valence-electron chi connectivity index (χ1n) is 6.91. The molecule has 1 heterocycles. The first-order chi connectivity index (χ1) is 9.67. The standard InChI is InChI=1S/C15H22N2O3/c1-11-6-7-16-8-9-17(11)15(18)12-4-5-13(19-2)14(10-12)20-3/h4-5,10-11,16H,6-9H2,1-3H3. The first kappa shape index (κ1) is 14.7. The van der Waals surface area contributed by atoms with Crippen LogP contribution in [-0.4, -0.2) is 50.7 Å². The van der Waals surface area contributed by atoms with E-state index < -0.39 is 0 Å². The summed E-state index contributed by atoms with van der Waals surface area (Å²) in [7, 11) is 3.16. The van der Waals surface area contributed by atoms with E-state index in [1.807, 2.05) is 4.90 Å². The van der Waals surface area contributed by atoms with E-state index in [0.717, 1.165) is 26.1 Å². The highest BCUT2D eigenvalue weighted by Gasteiger charge is 2.23. The van der Waals surface area contributed by atoms with Gasteiger partial charge in [-0.05, 0) is 38.1 Å². The van der Waals surface area contributed by atoms with Gasteiger partial charge in [-0.25, -0.2) is 0 Å². The highest BCUT2D eigenvalue weighted by Crippen LogP contribution is 2.28. The molecule has 1 aliphatic heterocycles. The van der Waals surface area contributed by atoms with Crippen LogP contribution in [0.5, 0.6) is 11.5 Å². The minimum Gasteiger partial charge on any atom is -0.493 e. The number of hydrogen-bond donors (Lipinski definition) is 1. The molecular weight excluding hydrogens is 256 g/mol. The third-order valence-corrected chi connectivity index (χ3v) is 3.69. The van der Waals surface area contributed by atoms with Crippen LogP contribution in [-0.2, 0) is 0 Å². The van der Waals surface area contributed by atoms with Gasteiger partial charge in [-0.15, -0.1) is 0 Å². The summed E-state index contributed by atoms with van der Waals surface area (Å²) in [5.74, 6) is 1.26. The average Bonchev–Trinajstić information content (AvgIpc) is 2.70. The van der Waals surface area contributed by atoms with Crippen LogP contribution >= 0.6 is 0 Å². The van der Waals surface area contributed by atoms with Crippen molar-refractivity contribution in [3.05, 3.63) is 23.8 Å². The van der Waals surface area contributed by atoms with E-state index in [9.17, 15) is 4.79 Å². The lowest BCUT2D eigenvalue weighted by Crippen LogP contribution is -2.39. The molecule has 1 N–H and O–H groups in total. The second kappa shape index (κ2) is 6.61. The molecule has 1 aliphatic rings. The summed E-state index contributed by atoms with van der Waals surface area (Å²) in [6.45, 7) is 4.61. The van der Waals surface area contributed by atoms with Crippen LogP contribution in [0.2, 0.25) is 0 Å². The van der Waals surface area contributed by atoms with Gasteiger partial charge in [0, 0.05) is 24.7 Å². The van der Waals surface area contributed by atoms with Crippen molar-refractivity contribution in [1.29, 1.82) is 0 Å². The SMILES string of the molecule is COc1ccc(C(=O)N2CCNCCC2C)cc1OC. The Hall–Kier alpha value is -1.75. The quantitative estimate of drug-likeness (QED) is 0.911. The number of nitrogens with zero attached hydrogens (tertiary/aromatic N) is 1. The first-order valence-corrected chi connectivity index (χ1v) is 6.91. The zero-order valence-electron chi connectivity index (χ0n) is 12.3. The van der Waals surface area contributed by atoms with E-state index in [4.69, 9.17) is 9.47 Å². The summed E-state index contributed by atoms with van der Waals surface area (Å²) in [5.41, 5.74) is 0.636. The zero-order chi connectivity index (χ0) is 14.5. The Morgan fingerprint density at radius 1 is 1.25 bits per heavy atom. The maximum Gasteiger partial charge on any atom is 0.254 e. The monoisotopic (exact) mass is 278 g/mol. The van der Waals surface area contributed by atoms with Gasteiger partial charge in [0.25, 0.3) is 5.91 Å². The predicted octanol–water partition coefficient (Wildman–Crippen LogP) is 1.53. The molecule has 2 rings (SSSR count). The molecule has 1 aromatic carbocycles. The molecule has 0 aliphatic carbocycles. The van der Waals surface area contributed by atoms with Crippen LogP contribution in [0.25, 0.3) is 0 Å². The second-order valence-corrected chi connectivity index (χ2v) is 4.96. The molecular formula is C15H22N2O3. The molecule has 110 valence electrons. The molecule has 0 spiro atoms. The van der Waals surface area contributed by atoms with Crippen molar-refractivity contribution in [3.63, 3.8) is 0 Å². The molecule has 5 heteroatoms. The Labute approximate surface area is 119 Å². The Morgan fingerprint density at radius 2 is 2.00 bits per heavy atom. The lowest BCUT2D eigenvalue weighted by Gasteiger charge is -2.27. The van der Waals surface area contributed by atoms with E-state index in [0.29, 0.717) is 17.1 Å². The Kier molecular flexibility index (Phi) is 4.84. The zero-order valence-corrected chi connectivity index (χ0v) is 12.3. The van der Waals surface area contributed by atoms with E-state index in [-0.39, 0.29) is 11.9 Å². The highest BCUT2D eigenvalue weighted by atomic mass is 16.5. The number of ether oxygens (including phenoxy) is 2. The van der Waals surface area contributed by atoms with Crippen LogP contribution in [0, 0.1) is 0 Å². The molecule has 1 aromatic rings. The van der Waals surface area contributed by atoms with Crippen LogP contribution in [0.3, 0.4) is 0 Å². The topological polar surface area (TPSA) is 50.8 Å². The Morgan fingerprint density at radius 3 is 2.70 bits per heavy atom. The van der Waals surface area contributed by atoms with Gasteiger partial charge in [0.05, 0.1) is 14.2 Å². The number of rotatable bonds is 3. The molecule has 0 aromatic heterocycles. The predicted molar refractivity (Wildman–Crippen MR) is 77.5 cm³/mol. The fourth-order valence-corrected chi connectivity index (χ4v) is 2.45. The van der Waals surface area contributed by atoms with Gasteiger partial charge in [0.2, 0.25) is 0 Å². The molecule has 1 saturated heterocycles. The summed E-state index contributed by atoms with van der Waals surface area (Å²) >= 11 is 0. The molecule has 20 heavy (non-hydrogen) atoms. The average molecular weight is 278 g/mol. The van der Waals surface area contributed by atoms with Gasteiger partial charge < -0.3 is 19.7 Å². The van der Waals surface area contributed by atoms with Crippen LogP contribution in [0.15, 0.2) is 18.2 Å². The molecule has 1 fully saturated rings. The molecule has 1 unspecified atom stereocenters. The van der Waals surface area contributed by atoms with Gasteiger partial charge >= 0.3 is 0 Å². The third-order valence-electron chi connectivity index (χ3n) is 3.69. The van der Waals surface area contributed by atoms with Crippen molar-refractivity contribution in [3.8, 4) is 11.5 Å². The van der Waals surface area contributed by atoms with Crippen LogP contribution in [0.4, 0.5) is 0 Å². The van der Waals surface area contributed by atoms with Gasteiger partial charge in [-0.3, -0.25) is 4.79 Å². The lowest BCUT2D eigenvalue weighted by atomic mass is 10.1. The number of hydrogen-bond acceptors (Lipinski definition) is 4. The van der Waals surface area contributed by atoms with Gasteiger partial charge in [0.1, 0.15) is 0 Å². The van der Waals surface area contributed by atoms with Crippen molar-refractivity contribution in [2.45, 2.75) is 19.4 Å². The molecule has 1 atom stereocenters. The maximum atomic E-state index is 12.6. The molecule has 5 nitrogen and oxygen atoms in total. The number of methoxy groups -OCH3 is 2. The van der Waals surface area contributed by atoms with Crippen LogP contribution < -0.4 is 14.8 Å². The highest BCUT2D eigenvalue weighted by molar-refractivity contribution is 5.95. The maximum absolute atomic E-state index is 12.6. The number of amides is 1. The largest absolute Gasteiger partial charge is 0.493 e. The lowest BCUT2D eigenvalue weighted by molar-refractivity contribution is 0.0704. The molecule has 0 bridgehead atoms. The van der Waals surface area contributed by atoms with E-state index in [2.05, 4.69) is 12.2 Å². The number of nitrogens with one attached hydrogen (secondary N) is 1. The summed E-state index contributed by atoms with van der Waals surface area (Å²) in [6.07, 6.45) is 0.971. The second-order valence-electron chi connectivity index (χ2n) is 4.96. The summed E-state index contributed by atoms with van der Waals surface area (Å²) < 4.78 is 10.5. The fraction of sp³-hybridized carbons (Fsp3) is 0.533. The summed E-state index contributed by atoms with van der Waals surface area (Å²) in [5, 5.41) is 3.32. The Balaban J connectivity index is 2.23. The summed E-state index contributed by atoms with van der Waals surface area (Å²) in [4.78, 5) is 14.6. The van der Waals surface area contributed by atoms with Crippen molar-refractivity contribution >= 4 is 5.91 Å². The van der Waals surface area contributed by atoms with Crippen molar-refractivity contribution < 1.29 is 14.3 Å². The molecule has 0 radical (unpaired) electrons. The molecule has 0 saturated carbocycles. The van der Waals surface area contributed by atoms with Gasteiger partial charge in [0.15, 0.2) is 11.5 Å². The number of carbonyl (C=O) groups is 1. The third kappa shape index (κ3) is 3.04. The van der Waals surface area contributed by atoms with E-state index in [1.54, 1.807) is 32.4 Å². The minimum atomic E-state index is 0.0437. The van der Waals surface area contributed by atoms with Crippen LogP contribution in [0.1, 0.15) is 23.7 Å². The summed E-state index contributed by atoms with van der Waals surface area (Å²) in [6, 6.07) is 5.54. The van der Waals surface area contributed by atoms with Crippen molar-refractivity contribution in [2.75, 3.05) is 33.9 Å². The van der Waals surface area contributed by atoms with Gasteiger partial charge in [-0.1, -0.05) is 0 Å². The number of carbonyl (C=O) groups excluding carboxylic acids is 1. The smallest absolute Gasteiger partial charge is 0.254 e. The fourth-order valence-electron chi connectivity index (χ4n) is 2.45. The number of benzene rings is 1. The van der Waals surface area contributed by atoms with E-state index >= 15 is 0 Å². The van der Waals surface area contributed by atoms with Crippen molar-refractivity contribution in [2.24, 2.45) is 0 Å². The normalized spacial score (nSPS) is 19.4. The van der Waals surface area contributed by atoms with Crippen molar-refractivity contribution in [1.82, 2.24) is 10.2 Å². The minimum absolute atomic E-state index is 0.0437. The van der Waals surface area contributed by atoms with E-state index in [1.165, 1.54) is 0 Å². The molecule has 1 amide bonds.